The monoisotopic (exact) mass is 305 g/mol. The third-order valence-corrected chi connectivity index (χ3v) is 3.30. The molecular weight excluding hydrogens is 290 g/mol. The van der Waals surface area contributed by atoms with Crippen molar-refractivity contribution >= 4 is 23.3 Å². The fourth-order valence-corrected chi connectivity index (χ4v) is 1.85. The molecule has 0 spiro atoms. The Balaban J connectivity index is 1.87. The second-order valence-electron chi connectivity index (χ2n) is 4.48. The van der Waals surface area contributed by atoms with E-state index < -0.39 is 0 Å². The predicted molar refractivity (Wildman–Crippen MR) is 82.8 cm³/mol. The molecule has 1 heterocycles. The average molecular weight is 306 g/mol. The van der Waals surface area contributed by atoms with E-state index >= 15 is 0 Å². The van der Waals surface area contributed by atoms with Gasteiger partial charge >= 0.3 is 6.03 Å². The molecule has 1 aromatic carbocycles. The van der Waals surface area contributed by atoms with Crippen molar-refractivity contribution in [2.75, 3.05) is 12.4 Å². The van der Waals surface area contributed by atoms with E-state index in [9.17, 15) is 4.79 Å². The Morgan fingerprint density at radius 2 is 2.14 bits per heavy atom. The van der Waals surface area contributed by atoms with Crippen molar-refractivity contribution in [2.45, 2.75) is 13.5 Å². The summed E-state index contributed by atoms with van der Waals surface area (Å²) in [7, 11) is 1.56. The number of methoxy groups -OCH3 is 1. The first-order chi connectivity index (χ1) is 10.1. The number of benzene rings is 1. The lowest BCUT2D eigenvalue weighted by atomic mass is 10.2. The molecule has 1 aromatic heterocycles. The number of aromatic nitrogens is 1. The number of anilines is 1. The Labute approximate surface area is 128 Å². The third-order valence-electron chi connectivity index (χ3n) is 2.89. The molecular formula is C15H16ClN3O2. The molecule has 0 aliphatic rings. The number of hydrogen-bond donors (Lipinski definition) is 2. The van der Waals surface area contributed by atoms with Crippen molar-refractivity contribution in [2.24, 2.45) is 0 Å². The van der Waals surface area contributed by atoms with E-state index in [0.29, 0.717) is 23.1 Å². The summed E-state index contributed by atoms with van der Waals surface area (Å²) in [6, 6.07) is 8.65. The Morgan fingerprint density at radius 3 is 2.76 bits per heavy atom. The van der Waals surface area contributed by atoms with E-state index in [1.54, 1.807) is 31.5 Å². The molecule has 110 valence electrons. The Morgan fingerprint density at radius 1 is 1.33 bits per heavy atom. The van der Waals surface area contributed by atoms with E-state index in [1.807, 2.05) is 19.1 Å². The lowest BCUT2D eigenvalue weighted by Crippen LogP contribution is -2.28. The summed E-state index contributed by atoms with van der Waals surface area (Å²) in [4.78, 5) is 15.9. The normalized spacial score (nSPS) is 10.0. The molecule has 2 rings (SSSR count). The van der Waals surface area contributed by atoms with Gasteiger partial charge in [-0.25, -0.2) is 9.78 Å². The highest BCUT2D eigenvalue weighted by molar-refractivity contribution is 6.31. The highest BCUT2D eigenvalue weighted by Gasteiger charge is 2.04. The van der Waals surface area contributed by atoms with Crippen molar-refractivity contribution in [3.63, 3.8) is 0 Å². The van der Waals surface area contributed by atoms with Gasteiger partial charge < -0.3 is 15.4 Å². The quantitative estimate of drug-likeness (QED) is 0.910. The van der Waals surface area contributed by atoms with Gasteiger partial charge in [-0.05, 0) is 30.2 Å². The van der Waals surface area contributed by atoms with E-state index in [-0.39, 0.29) is 6.03 Å². The number of nitrogens with one attached hydrogen (secondary N) is 2. The molecule has 6 heteroatoms. The first kappa shape index (κ1) is 15.1. The topological polar surface area (TPSA) is 63.2 Å². The Bertz CT molecular complexity index is 629. The largest absolute Gasteiger partial charge is 0.481 e. The van der Waals surface area contributed by atoms with Crippen LogP contribution in [0.5, 0.6) is 5.88 Å². The van der Waals surface area contributed by atoms with Crippen LogP contribution in [0.15, 0.2) is 36.5 Å². The van der Waals surface area contributed by atoms with Crippen LogP contribution in [0.2, 0.25) is 5.02 Å². The van der Waals surface area contributed by atoms with Crippen molar-refractivity contribution in [1.82, 2.24) is 10.3 Å². The van der Waals surface area contributed by atoms with Crippen LogP contribution in [0.4, 0.5) is 10.5 Å². The molecule has 0 unspecified atom stereocenters. The van der Waals surface area contributed by atoms with Gasteiger partial charge in [0.05, 0.1) is 7.11 Å². The van der Waals surface area contributed by atoms with Gasteiger partial charge in [0.1, 0.15) is 0 Å². The molecule has 0 fully saturated rings. The van der Waals surface area contributed by atoms with Gasteiger partial charge in [-0.15, -0.1) is 0 Å². The minimum atomic E-state index is -0.300. The number of pyridine rings is 1. The van der Waals surface area contributed by atoms with E-state index in [1.165, 1.54) is 0 Å². The maximum Gasteiger partial charge on any atom is 0.319 e. The molecule has 0 aliphatic carbocycles. The number of urea groups is 1. The summed E-state index contributed by atoms with van der Waals surface area (Å²) >= 11 is 6.01. The summed E-state index contributed by atoms with van der Waals surface area (Å²) in [5, 5.41) is 6.09. The molecule has 0 radical (unpaired) electrons. The van der Waals surface area contributed by atoms with Gasteiger partial charge in [-0.2, -0.15) is 0 Å². The number of hydrogen-bond acceptors (Lipinski definition) is 3. The van der Waals surface area contributed by atoms with Crippen molar-refractivity contribution in [3.05, 3.63) is 52.7 Å². The number of carbonyl (C=O) groups is 1. The fraction of sp³-hybridized carbons (Fsp3) is 0.200. The van der Waals surface area contributed by atoms with Gasteiger partial charge in [0.25, 0.3) is 0 Å². The summed E-state index contributed by atoms with van der Waals surface area (Å²) < 4.78 is 4.97. The summed E-state index contributed by atoms with van der Waals surface area (Å²) in [5.74, 6) is 0.539. The molecule has 2 aromatic rings. The first-order valence-corrected chi connectivity index (χ1v) is 6.76. The zero-order chi connectivity index (χ0) is 15.2. The van der Waals surface area contributed by atoms with Gasteiger partial charge in [0, 0.05) is 29.5 Å². The molecule has 5 nitrogen and oxygen atoms in total. The van der Waals surface area contributed by atoms with E-state index in [0.717, 1.165) is 11.1 Å². The predicted octanol–water partition coefficient (Wildman–Crippen LogP) is 3.37. The third kappa shape index (κ3) is 4.36. The maximum absolute atomic E-state index is 11.8. The average Bonchev–Trinajstić information content (AvgIpc) is 2.49. The smallest absolute Gasteiger partial charge is 0.319 e. The molecule has 21 heavy (non-hydrogen) atoms. The zero-order valence-corrected chi connectivity index (χ0v) is 12.6. The van der Waals surface area contributed by atoms with Gasteiger partial charge in [0.15, 0.2) is 0 Å². The SMILES string of the molecule is COc1ccc(CNC(=O)Nc2ccc(C)c(Cl)c2)cn1. The number of aryl methyl sites for hydroxylation is 1. The lowest BCUT2D eigenvalue weighted by Gasteiger charge is -2.09. The van der Waals surface area contributed by atoms with E-state index in [2.05, 4.69) is 15.6 Å². The molecule has 2 N–H and O–H groups in total. The highest BCUT2D eigenvalue weighted by atomic mass is 35.5. The van der Waals surface area contributed by atoms with Crippen LogP contribution < -0.4 is 15.4 Å². The summed E-state index contributed by atoms with van der Waals surface area (Å²) in [6.45, 7) is 2.28. The molecule has 0 atom stereocenters. The van der Waals surface area contributed by atoms with Crippen LogP contribution in [0.25, 0.3) is 0 Å². The second-order valence-corrected chi connectivity index (χ2v) is 4.89. The van der Waals surface area contributed by atoms with Gasteiger partial charge in [-0.3, -0.25) is 0 Å². The maximum atomic E-state index is 11.8. The number of carbonyl (C=O) groups excluding carboxylic acids is 1. The number of ether oxygens (including phenoxy) is 1. The fourth-order valence-electron chi connectivity index (χ4n) is 1.66. The zero-order valence-electron chi connectivity index (χ0n) is 11.8. The van der Waals surface area contributed by atoms with Crippen LogP contribution in [0.1, 0.15) is 11.1 Å². The Kier molecular flexibility index (Phi) is 5.00. The molecule has 2 amide bonds. The first-order valence-electron chi connectivity index (χ1n) is 6.38. The van der Waals surface area contributed by atoms with Crippen LogP contribution in [0.3, 0.4) is 0 Å². The minimum Gasteiger partial charge on any atom is -0.481 e. The van der Waals surface area contributed by atoms with Crippen molar-refractivity contribution in [1.29, 1.82) is 0 Å². The summed E-state index contributed by atoms with van der Waals surface area (Å²) in [6.07, 6.45) is 1.65. The van der Waals surface area contributed by atoms with Crippen molar-refractivity contribution < 1.29 is 9.53 Å². The molecule has 0 bridgehead atoms. The Hall–Kier alpha value is -2.27. The summed E-state index contributed by atoms with van der Waals surface area (Å²) in [5.41, 5.74) is 2.50. The highest BCUT2D eigenvalue weighted by Crippen LogP contribution is 2.19. The number of amides is 2. The molecule has 0 aliphatic heterocycles. The van der Waals surface area contributed by atoms with Gasteiger partial charge in [0.2, 0.25) is 5.88 Å². The minimum absolute atomic E-state index is 0.300. The number of rotatable bonds is 4. The second kappa shape index (κ2) is 6.95. The van der Waals surface area contributed by atoms with Crippen LogP contribution in [-0.2, 0) is 6.54 Å². The number of halogens is 1. The van der Waals surface area contributed by atoms with Crippen LogP contribution in [-0.4, -0.2) is 18.1 Å². The van der Waals surface area contributed by atoms with E-state index in [4.69, 9.17) is 16.3 Å². The lowest BCUT2D eigenvalue weighted by molar-refractivity contribution is 0.251. The molecule has 0 saturated heterocycles. The van der Waals surface area contributed by atoms with Crippen LogP contribution in [0, 0.1) is 6.92 Å². The van der Waals surface area contributed by atoms with Crippen LogP contribution >= 0.6 is 11.6 Å². The molecule has 0 saturated carbocycles. The van der Waals surface area contributed by atoms with Crippen molar-refractivity contribution in [3.8, 4) is 5.88 Å². The number of nitrogens with zero attached hydrogens (tertiary/aromatic N) is 1. The van der Waals surface area contributed by atoms with Gasteiger partial charge in [-0.1, -0.05) is 23.7 Å². The standard InChI is InChI=1S/C15H16ClN3O2/c1-10-3-5-12(7-13(10)16)19-15(20)18-9-11-4-6-14(21-2)17-8-11/h3-8H,9H2,1-2H3,(H2,18,19,20).